The molecule has 0 bridgehead atoms. The second kappa shape index (κ2) is 11.0. The van der Waals surface area contributed by atoms with Crippen LogP contribution in [0, 0.1) is 0 Å². The van der Waals surface area contributed by atoms with Gasteiger partial charge in [0.25, 0.3) is 0 Å². The van der Waals surface area contributed by atoms with Crippen molar-refractivity contribution in [2.75, 3.05) is 0 Å². The van der Waals surface area contributed by atoms with Crippen molar-refractivity contribution < 1.29 is 41.9 Å². The molecule has 0 radical (unpaired) electrons. The number of rotatable bonds is 0. The Morgan fingerprint density at radius 1 is 0.667 bits per heavy atom. The molecule has 0 atom stereocenters. The van der Waals surface area contributed by atoms with Crippen molar-refractivity contribution in [3.05, 3.63) is 24.8 Å². The van der Waals surface area contributed by atoms with Crippen LogP contribution in [-0.2, 0) is 17.1 Å². The van der Waals surface area contributed by atoms with Crippen molar-refractivity contribution in [1.82, 2.24) is 9.97 Å². The fourth-order valence-electron chi connectivity index (χ4n) is 0.253. The maximum atomic E-state index is 3.72. The molecular weight excluding hydrogens is 203 g/mol. The minimum atomic E-state index is 0. The van der Waals surface area contributed by atoms with E-state index in [4.69, 9.17) is 0 Å². The Hall–Kier alpha value is 0.179. The van der Waals surface area contributed by atoms with Gasteiger partial charge in [-0.3, -0.25) is 9.97 Å². The summed E-state index contributed by atoms with van der Waals surface area (Å²) in [6, 6.07) is 0. The van der Waals surface area contributed by atoms with E-state index >= 15 is 0 Å². The molecule has 0 aromatic carbocycles. The molecule has 1 aromatic heterocycles. The third-order valence-corrected chi connectivity index (χ3v) is 0.478. The van der Waals surface area contributed by atoms with Crippen molar-refractivity contribution in [2.24, 2.45) is 0 Å². The predicted octanol–water partition coefficient (Wildman–Crippen LogP) is -5.52. The van der Waals surface area contributed by atoms with Crippen molar-refractivity contribution in [3.63, 3.8) is 0 Å². The molecule has 1 aromatic rings. The Morgan fingerprint density at radius 3 is 1.00 bits per heavy atom. The van der Waals surface area contributed by atoms with Crippen LogP contribution in [0.3, 0.4) is 0 Å². The van der Waals surface area contributed by atoms with Gasteiger partial charge in [0, 0.05) is 24.8 Å². The first-order chi connectivity index (χ1) is 3.00. The van der Waals surface area contributed by atoms with Gasteiger partial charge >= 0.3 is 17.1 Å². The average molecular weight is 207 g/mol. The SMILES string of the molecule is [Cl-].[Cl-].[Fe+2].c1cnccn1. The molecule has 52 valence electrons. The number of hydrogen-bond donors (Lipinski definition) is 0. The van der Waals surface area contributed by atoms with E-state index in [1.807, 2.05) is 0 Å². The third-order valence-electron chi connectivity index (χ3n) is 0.478. The first kappa shape index (κ1) is 16.1. The summed E-state index contributed by atoms with van der Waals surface area (Å²) in [6.45, 7) is 0. The van der Waals surface area contributed by atoms with E-state index in [-0.39, 0.29) is 41.9 Å². The van der Waals surface area contributed by atoms with Crippen LogP contribution in [0.25, 0.3) is 0 Å². The molecule has 2 nitrogen and oxygen atoms in total. The van der Waals surface area contributed by atoms with Gasteiger partial charge in [-0.1, -0.05) is 0 Å². The summed E-state index contributed by atoms with van der Waals surface area (Å²) in [4.78, 5) is 7.44. The van der Waals surface area contributed by atoms with Crippen LogP contribution >= 0.6 is 0 Å². The quantitative estimate of drug-likeness (QED) is 0.396. The monoisotopic (exact) mass is 206 g/mol. The molecule has 5 heteroatoms. The average Bonchev–Trinajstić information content (AvgIpc) is 1.72. The molecular formula is C4H4Cl2FeN2. The minimum Gasteiger partial charge on any atom is -1.00 e. The topological polar surface area (TPSA) is 25.8 Å². The second-order valence-electron chi connectivity index (χ2n) is 0.894. The summed E-state index contributed by atoms with van der Waals surface area (Å²) in [5.74, 6) is 0. The largest absolute Gasteiger partial charge is 2.00 e. The van der Waals surface area contributed by atoms with Crippen molar-refractivity contribution >= 4 is 0 Å². The number of halogens is 2. The Kier molecular flexibility index (Phi) is 19.7. The van der Waals surface area contributed by atoms with Gasteiger partial charge in [-0.2, -0.15) is 0 Å². The van der Waals surface area contributed by atoms with Gasteiger partial charge in [0.2, 0.25) is 0 Å². The maximum Gasteiger partial charge on any atom is 2.00 e. The van der Waals surface area contributed by atoms with Gasteiger partial charge in [0.15, 0.2) is 0 Å². The Bertz CT molecular complexity index is 88.5. The smallest absolute Gasteiger partial charge is 1.00 e. The van der Waals surface area contributed by atoms with E-state index in [1.165, 1.54) is 0 Å². The van der Waals surface area contributed by atoms with Gasteiger partial charge in [-0.15, -0.1) is 0 Å². The third kappa shape index (κ3) is 8.18. The summed E-state index contributed by atoms with van der Waals surface area (Å²) in [5, 5.41) is 0. The molecule has 0 unspecified atom stereocenters. The predicted molar refractivity (Wildman–Crippen MR) is 22.0 cm³/mol. The molecule has 0 aliphatic heterocycles. The van der Waals surface area contributed by atoms with Crippen LogP contribution in [0.2, 0.25) is 0 Å². The summed E-state index contributed by atoms with van der Waals surface area (Å²) < 4.78 is 0. The second-order valence-corrected chi connectivity index (χ2v) is 0.894. The van der Waals surface area contributed by atoms with E-state index in [2.05, 4.69) is 9.97 Å². The fourth-order valence-corrected chi connectivity index (χ4v) is 0.253. The van der Waals surface area contributed by atoms with Gasteiger partial charge in [-0.25, -0.2) is 0 Å². The summed E-state index contributed by atoms with van der Waals surface area (Å²) in [5.41, 5.74) is 0. The Labute approximate surface area is 76.8 Å². The molecule has 0 amide bonds. The number of nitrogens with zero attached hydrogens (tertiary/aromatic N) is 2. The Morgan fingerprint density at radius 2 is 0.889 bits per heavy atom. The summed E-state index contributed by atoms with van der Waals surface area (Å²) in [7, 11) is 0. The van der Waals surface area contributed by atoms with E-state index in [9.17, 15) is 0 Å². The molecule has 0 aliphatic carbocycles. The molecule has 0 saturated heterocycles. The molecule has 0 aliphatic rings. The van der Waals surface area contributed by atoms with Gasteiger partial charge in [-0.05, 0) is 0 Å². The van der Waals surface area contributed by atoms with Crippen LogP contribution in [-0.4, -0.2) is 9.97 Å². The normalized spacial score (nSPS) is 5.33. The molecule has 0 fully saturated rings. The molecule has 0 spiro atoms. The van der Waals surface area contributed by atoms with E-state index < -0.39 is 0 Å². The minimum absolute atomic E-state index is 0. The zero-order valence-electron chi connectivity index (χ0n) is 4.31. The van der Waals surface area contributed by atoms with Crippen LogP contribution in [0.5, 0.6) is 0 Å². The molecule has 1 rings (SSSR count). The van der Waals surface area contributed by atoms with E-state index in [0.717, 1.165) is 0 Å². The standard InChI is InChI=1S/C4H4N2.2ClH.Fe/c1-2-6-4-3-5-1;;;/h1-4H;2*1H;/q;;;+2/p-2. The van der Waals surface area contributed by atoms with Crippen LogP contribution < -0.4 is 24.8 Å². The molecule has 1 heterocycles. The fraction of sp³-hybridized carbons (Fsp3) is 0. The maximum absolute atomic E-state index is 3.72. The van der Waals surface area contributed by atoms with E-state index in [0.29, 0.717) is 0 Å². The first-order valence-corrected chi connectivity index (χ1v) is 1.70. The van der Waals surface area contributed by atoms with Crippen molar-refractivity contribution in [3.8, 4) is 0 Å². The van der Waals surface area contributed by atoms with Gasteiger partial charge < -0.3 is 24.8 Å². The molecule has 0 N–H and O–H groups in total. The van der Waals surface area contributed by atoms with Crippen molar-refractivity contribution in [2.45, 2.75) is 0 Å². The first-order valence-electron chi connectivity index (χ1n) is 1.70. The zero-order chi connectivity index (χ0) is 4.24. The van der Waals surface area contributed by atoms with Crippen molar-refractivity contribution in [1.29, 1.82) is 0 Å². The summed E-state index contributed by atoms with van der Waals surface area (Å²) in [6.07, 6.45) is 6.56. The van der Waals surface area contributed by atoms with E-state index in [1.54, 1.807) is 24.8 Å². The van der Waals surface area contributed by atoms with Gasteiger partial charge in [0.1, 0.15) is 0 Å². The number of aromatic nitrogens is 2. The molecule has 0 saturated carbocycles. The van der Waals surface area contributed by atoms with Gasteiger partial charge in [0.05, 0.1) is 0 Å². The summed E-state index contributed by atoms with van der Waals surface area (Å²) >= 11 is 0. The molecule has 9 heavy (non-hydrogen) atoms. The number of hydrogen-bond acceptors (Lipinski definition) is 2. The van der Waals surface area contributed by atoms with Crippen LogP contribution in [0.15, 0.2) is 24.8 Å². The van der Waals surface area contributed by atoms with Crippen LogP contribution in [0.1, 0.15) is 0 Å². The zero-order valence-corrected chi connectivity index (χ0v) is 6.93. The van der Waals surface area contributed by atoms with Crippen LogP contribution in [0.4, 0.5) is 0 Å². The Balaban J connectivity index is -0.000000120.